The summed E-state index contributed by atoms with van der Waals surface area (Å²) < 4.78 is 0. The highest BCUT2D eigenvalue weighted by atomic mass is 32.1. The minimum Gasteiger partial charge on any atom is -0.361 e. The van der Waals surface area contributed by atoms with Gasteiger partial charge in [-0.15, -0.1) is 0 Å². The van der Waals surface area contributed by atoms with E-state index in [-0.39, 0.29) is 5.91 Å². The van der Waals surface area contributed by atoms with Gasteiger partial charge in [-0.25, -0.2) is 0 Å². The second-order valence-electron chi connectivity index (χ2n) is 5.85. The molecule has 3 N–H and O–H groups in total. The number of nitrogens with one attached hydrogen (secondary N) is 3. The average molecular weight is 330 g/mol. The molecule has 1 amide bonds. The molecule has 2 rings (SSSR count). The van der Waals surface area contributed by atoms with Crippen LogP contribution in [0.15, 0.2) is 30.3 Å². The van der Waals surface area contributed by atoms with Gasteiger partial charge in [-0.1, -0.05) is 32.0 Å². The van der Waals surface area contributed by atoms with Gasteiger partial charge in [0.1, 0.15) is 0 Å². The third kappa shape index (κ3) is 4.89. The predicted octanol–water partition coefficient (Wildman–Crippen LogP) is 2.70. The van der Waals surface area contributed by atoms with Crippen molar-refractivity contribution >= 4 is 34.1 Å². The summed E-state index contributed by atoms with van der Waals surface area (Å²) in [5.41, 5.74) is 7.55. The maximum Gasteiger partial charge on any atom is 0.270 e. The van der Waals surface area contributed by atoms with Crippen LogP contribution in [0.2, 0.25) is 0 Å². The van der Waals surface area contributed by atoms with Crippen molar-refractivity contribution in [3.63, 3.8) is 0 Å². The van der Waals surface area contributed by atoms with Crippen LogP contribution in [-0.4, -0.2) is 22.5 Å². The van der Waals surface area contributed by atoms with Gasteiger partial charge >= 0.3 is 0 Å². The van der Waals surface area contributed by atoms with Gasteiger partial charge in [-0.3, -0.25) is 20.6 Å². The van der Waals surface area contributed by atoms with Crippen LogP contribution < -0.4 is 16.2 Å². The molecule has 5 nitrogen and oxygen atoms in total. The van der Waals surface area contributed by atoms with Crippen molar-refractivity contribution < 1.29 is 4.79 Å². The zero-order chi connectivity index (χ0) is 16.8. The highest BCUT2D eigenvalue weighted by molar-refractivity contribution is 7.80. The van der Waals surface area contributed by atoms with Crippen LogP contribution in [0.25, 0.3) is 10.9 Å². The summed E-state index contributed by atoms with van der Waals surface area (Å²) in [5.74, 6) is 0.366. The number of aryl methyl sites for hydroxylation is 1. The molecule has 1 aromatic heterocycles. The minimum atomic E-state index is -0.236. The van der Waals surface area contributed by atoms with Crippen LogP contribution in [0.3, 0.4) is 0 Å². The number of carbonyl (C=O) groups is 1. The topological polar surface area (TPSA) is 66.1 Å². The highest BCUT2D eigenvalue weighted by Crippen LogP contribution is 2.17. The van der Waals surface area contributed by atoms with Crippen LogP contribution in [0, 0.1) is 12.8 Å². The fourth-order valence-electron chi connectivity index (χ4n) is 2.20. The molecule has 0 aliphatic carbocycles. The van der Waals surface area contributed by atoms with Gasteiger partial charge in [0.05, 0.1) is 11.1 Å². The minimum absolute atomic E-state index is 0.236. The largest absolute Gasteiger partial charge is 0.361 e. The fourth-order valence-corrected chi connectivity index (χ4v) is 2.35. The number of hydrogen-bond acceptors (Lipinski definition) is 3. The van der Waals surface area contributed by atoms with Crippen molar-refractivity contribution in [1.29, 1.82) is 0 Å². The molecule has 0 bridgehead atoms. The van der Waals surface area contributed by atoms with Crippen LogP contribution in [0.5, 0.6) is 0 Å². The maximum atomic E-state index is 12.4. The SMILES string of the molecule is Cc1cc(C(=O)NNC(=S)NCCC(C)C)c2ccccc2n1. The van der Waals surface area contributed by atoms with Gasteiger partial charge in [-0.05, 0) is 43.6 Å². The van der Waals surface area contributed by atoms with Crippen molar-refractivity contribution in [3.05, 3.63) is 41.6 Å². The van der Waals surface area contributed by atoms with E-state index < -0.39 is 0 Å². The first-order valence-electron chi connectivity index (χ1n) is 7.68. The summed E-state index contributed by atoms with van der Waals surface area (Å²) in [6.45, 7) is 6.94. The Bertz CT molecular complexity index is 715. The maximum absolute atomic E-state index is 12.4. The van der Waals surface area contributed by atoms with Gasteiger partial charge in [0.15, 0.2) is 5.11 Å². The molecule has 0 saturated carbocycles. The quantitative estimate of drug-likeness (QED) is 0.594. The van der Waals surface area contributed by atoms with E-state index in [2.05, 4.69) is 35.0 Å². The number of pyridine rings is 1. The molecular weight excluding hydrogens is 308 g/mol. The first kappa shape index (κ1) is 17.1. The van der Waals surface area contributed by atoms with E-state index >= 15 is 0 Å². The Hall–Kier alpha value is -2.21. The first-order valence-corrected chi connectivity index (χ1v) is 8.08. The zero-order valence-corrected chi connectivity index (χ0v) is 14.5. The first-order chi connectivity index (χ1) is 11.0. The summed E-state index contributed by atoms with van der Waals surface area (Å²) in [5, 5.41) is 4.29. The van der Waals surface area contributed by atoms with E-state index in [1.54, 1.807) is 6.07 Å². The Morgan fingerprint density at radius 3 is 2.74 bits per heavy atom. The number of aromatic nitrogens is 1. The number of carbonyl (C=O) groups excluding carboxylic acids is 1. The molecule has 1 aromatic carbocycles. The Balaban J connectivity index is 2.00. The Kier molecular flexibility index (Phi) is 5.87. The Morgan fingerprint density at radius 1 is 1.26 bits per heavy atom. The van der Waals surface area contributed by atoms with Gasteiger partial charge in [0.2, 0.25) is 0 Å². The lowest BCUT2D eigenvalue weighted by Gasteiger charge is -2.13. The van der Waals surface area contributed by atoms with E-state index in [1.807, 2.05) is 31.2 Å². The normalized spacial score (nSPS) is 10.6. The summed E-state index contributed by atoms with van der Waals surface area (Å²) in [6.07, 6.45) is 1.02. The zero-order valence-electron chi connectivity index (χ0n) is 13.6. The molecule has 23 heavy (non-hydrogen) atoms. The number of rotatable bonds is 4. The number of benzene rings is 1. The number of para-hydroxylation sites is 1. The van der Waals surface area contributed by atoms with Crippen LogP contribution in [0.1, 0.15) is 36.3 Å². The van der Waals surface area contributed by atoms with Crippen molar-refractivity contribution in [3.8, 4) is 0 Å². The molecule has 0 aliphatic heterocycles. The lowest BCUT2D eigenvalue weighted by Crippen LogP contribution is -2.47. The molecule has 6 heteroatoms. The number of hydrogen-bond donors (Lipinski definition) is 3. The lowest BCUT2D eigenvalue weighted by molar-refractivity contribution is 0.0945. The third-order valence-electron chi connectivity index (χ3n) is 3.39. The standard InChI is InChI=1S/C17H22N4OS/c1-11(2)8-9-18-17(23)21-20-16(22)14-10-12(3)19-15-7-5-4-6-13(14)15/h4-7,10-11H,8-9H2,1-3H3,(H,20,22)(H2,18,21,23). The van der Waals surface area contributed by atoms with Gasteiger partial charge in [0.25, 0.3) is 5.91 Å². The van der Waals surface area contributed by atoms with Crippen LogP contribution in [-0.2, 0) is 0 Å². The Morgan fingerprint density at radius 2 is 2.00 bits per heavy atom. The summed E-state index contributed by atoms with van der Waals surface area (Å²) in [6, 6.07) is 9.35. The lowest BCUT2D eigenvalue weighted by atomic mass is 10.1. The molecule has 0 unspecified atom stereocenters. The molecule has 122 valence electrons. The van der Waals surface area contributed by atoms with E-state index in [0.29, 0.717) is 16.6 Å². The molecule has 1 heterocycles. The summed E-state index contributed by atoms with van der Waals surface area (Å²) in [4.78, 5) is 16.8. The average Bonchev–Trinajstić information content (AvgIpc) is 2.51. The third-order valence-corrected chi connectivity index (χ3v) is 3.63. The number of hydrazine groups is 1. The number of amides is 1. The van der Waals surface area contributed by atoms with Crippen molar-refractivity contribution in [1.82, 2.24) is 21.2 Å². The molecule has 0 fully saturated rings. The van der Waals surface area contributed by atoms with E-state index in [0.717, 1.165) is 29.6 Å². The smallest absolute Gasteiger partial charge is 0.270 e. The molecule has 0 radical (unpaired) electrons. The van der Waals surface area contributed by atoms with Crippen molar-refractivity contribution in [2.75, 3.05) is 6.54 Å². The fraction of sp³-hybridized carbons (Fsp3) is 0.353. The summed E-state index contributed by atoms with van der Waals surface area (Å²) in [7, 11) is 0. The molecule has 0 spiro atoms. The van der Waals surface area contributed by atoms with E-state index in [1.165, 1.54) is 0 Å². The van der Waals surface area contributed by atoms with Gasteiger partial charge in [-0.2, -0.15) is 0 Å². The second kappa shape index (κ2) is 7.87. The molecule has 0 aliphatic rings. The van der Waals surface area contributed by atoms with E-state index in [9.17, 15) is 4.79 Å². The predicted molar refractivity (Wildman–Crippen MR) is 97.1 cm³/mol. The van der Waals surface area contributed by atoms with E-state index in [4.69, 9.17) is 12.2 Å². The second-order valence-corrected chi connectivity index (χ2v) is 6.25. The van der Waals surface area contributed by atoms with Gasteiger partial charge in [0, 0.05) is 17.6 Å². The van der Waals surface area contributed by atoms with Crippen molar-refractivity contribution in [2.24, 2.45) is 5.92 Å². The monoisotopic (exact) mass is 330 g/mol. The van der Waals surface area contributed by atoms with Crippen LogP contribution >= 0.6 is 12.2 Å². The molecular formula is C17H22N4OS. The molecule has 0 saturated heterocycles. The van der Waals surface area contributed by atoms with Gasteiger partial charge < -0.3 is 5.32 Å². The number of nitrogens with zero attached hydrogens (tertiary/aromatic N) is 1. The van der Waals surface area contributed by atoms with Crippen molar-refractivity contribution in [2.45, 2.75) is 27.2 Å². The summed E-state index contributed by atoms with van der Waals surface area (Å²) >= 11 is 5.15. The number of thiocarbonyl (C=S) groups is 1. The molecule has 2 aromatic rings. The molecule has 0 atom stereocenters. The highest BCUT2D eigenvalue weighted by Gasteiger charge is 2.11. The Labute approximate surface area is 141 Å². The van der Waals surface area contributed by atoms with Crippen LogP contribution in [0.4, 0.5) is 0 Å². The number of fused-ring (bicyclic) bond motifs is 1.